The summed E-state index contributed by atoms with van der Waals surface area (Å²) in [6.07, 6.45) is 0. The molecular weight excluding hydrogens is 630 g/mol. The summed E-state index contributed by atoms with van der Waals surface area (Å²) in [4.78, 5) is 27.3. The van der Waals surface area contributed by atoms with Gasteiger partial charge in [0, 0.05) is 0 Å². The van der Waals surface area contributed by atoms with Gasteiger partial charge in [-0.25, -0.2) is 0 Å². The average Bonchev–Trinajstić information content (AvgIpc) is 3.11. The molecule has 0 spiro atoms. The maximum absolute atomic E-state index is 14.9. The van der Waals surface area contributed by atoms with Crippen LogP contribution in [-0.4, -0.2) is 37.5 Å². The largest absolute Gasteiger partial charge is 0.468 e. The molecule has 0 saturated heterocycles. The molecule has 0 aliphatic rings. The van der Waals surface area contributed by atoms with Gasteiger partial charge in [0.1, 0.15) is 0 Å². The van der Waals surface area contributed by atoms with E-state index in [9.17, 15) is 18.7 Å². The third-order valence-corrected chi connectivity index (χ3v) is 11.5. The number of benzene rings is 4. The second kappa shape index (κ2) is 17.2. The lowest BCUT2D eigenvalue weighted by atomic mass is 10.2. The standard InChI is InChI=1S/C34H36O10P2/c1-39-33(35)31(45(37,41-23-27-15-7-3-8-16-27)42-24-28-17-9-4-10-18-28)32(34(36)40-2)46(38,43-25-29-19-11-5-12-20-29)44-26-30-21-13-6-14-22-30/h3-22,31-32H,23-26H2,1-2H3. The summed E-state index contributed by atoms with van der Waals surface area (Å²) in [5.74, 6) is -2.38. The smallest absolute Gasteiger partial charge is 0.347 e. The van der Waals surface area contributed by atoms with Crippen molar-refractivity contribution in [3.63, 3.8) is 0 Å². The van der Waals surface area contributed by atoms with Gasteiger partial charge in [0.25, 0.3) is 0 Å². The topological polar surface area (TPSA) is 124 Å². The highest BCUT2D eigenvalue weighted by molar-refractivity contribution is 7.60. The second-order valence-electron chi connectivity index (χ2n) is 10.1. The lowest BCUT2D eigenvalue weighted by molar-refractivity contribution is -0.147. The SMILES string of the molecule is COC(=O)C(C(C(=O)OC)P(=O)(OCc1ccccc1)OCc1ccccc1)P(=O)(OCc1ccccc1)OCc1ccccc1. The zero-order valence-electron chi connectivity index (χ0n) is 25.5. The summed E-state index contributed by atoms with van der Waals surface area (Å²) in [5, 5.41) is 0. The number of esters is 2. The third-order valence-electron chi connectivity index (χ3n) is 6.88. The second-order valence-corrected chi connectivity index (χ2v) is 14.4. The van der Waals surface area contributed by atoms with Gasteiger partial charge in [-0.3, -0.25) is 18.7 Å². The van der Waals surface area contributed by atoms with Crippen LogP contribution >= 0.6 is 15.2 Å². The molecular formula is C34H36O10P2. The first-order valence-corrected chi connectivity index (χ1v) is 17.6. The number of hydrogen-bond donors (Lipinski definition) is 0. The Morgan fingerprint density at radius 2 is 0.674 bits per heavy atom. The zero-order chi connectivity index (χ0) is 32.8. The van der Waals surface area contributed by atoms with Crippen LogP contribution in [0.15, 0.2) is 121 Å². The van der Waals surface area contributed by atoms with E-state index in [0.717, 1.165) is 14.2 Å². The van der Waals surface area contributed by atoms with Crippen LogP contribution in [0, 0.1) is 0 Å². The van der Waals surface area contributed by atoms with E-state index in [1.165, 1.54) is 0 Å². The molecule has 0 fully saturated rings. The number of hydrogen-bond acceptors (Lipinski definition) is 10. The summed E-state index contributed by atoms with van der Waals surface area (Å²) in [5.41, 5.74) is -1.79. The molecule has 0 heterocycles. The predicted octanol–water partition coefficient (Wildman–Crippen LogP) is 7.32. The van der Waals surface area contributed by atoms with E-state index in [0.29, 0.717) is 22.3 Å². The van der Waals surface area contributed by atoms with Gasteiger partial charge in [0.05, 0.1) is 40.6 Å². The van der Waals surface area contributed by atoms with Crippen LogP contribution in [-0.2, 0) is 72.7 Å². The molecule has 0 aliphatic carbocycles. The molecule has 4 aromatic rings. The molecule has 0 amide bonds. The van der Waals surface area contributed by atoms with Crippen molar-refractivity contribution in [2.45, 2.75) is 37.7 Å². The summed E-state index contributed by atoms with van der Waals surface area (Å²) in [7, 11) is -7.41. The van der Waals surface area contributed by atoms with Crippen LogP contribution in [0.2, 0.25) is 0 Å². The molecule has 0 bridgehead atoms. The van der Waals surface area contributed by atoms with E-state index in [2.05, 4.69) is 0 Å². The third kappa shape index (κ3) is 9.56. The van der Waals surface area contributed by atoms with Gasteiger partial charge < -0.3 is 27.6 Å². The van der Waals surface area contributed by atoms with Crippen molar-refractivity contribution < 1.29 is 46.3 Å². The Hall–Kier alpha value is -3.88. The van der Waals surface area contributed by atoms with Crippen LogP contribution < -0.4 is 0 Å². The highest BCUT2D eigenvalue weighted by Crippen LogP contribution is 2.65. The molecule has 0 aliphatic heterocycles. The Balaban J connectivity index is 1.80. The summed E-state index contributed by atoms with van der Waals surface area (Å²) < 4.78 is 63.6. The Labute approximate surface area is 268 Å². The summed E-state index contributed by atoms with van der Waals surface area (Å²) in [6.45, 7) is -1.08. The first-order valence-electron chi connectivity index (χ1n) is 14.4. The Morgan fingerprint density at radius 1 is 0.457 bits per heavy atom. The van der Waals surface area contributed by atoms with Crippen molar-refractivity contribution in [2.24, 2.45) is 0 Å². The van der Waals surface area contributed by atoms with Crippen molar-refractivity contribution >= 4 is 27.1 Å². The molecule has 4 rings (SSSR count). The van der Waals surface area contributed by atoms with Gasteiger partial charge >= 0.3 is 27.1 Å². The van der Waals surface area contributed by atoms with Crippen molar-refractivity contribution in [2.75, 3.05) is 14.2 Å². The molecule has 2 unspecified atom stereocenters. The van der Waals surface area contributed by atoms with Gasteiger partial charge in [0.15, 0.2) is 11.3 Å². The summed E-state index contributed by atoms with van der Waals surface area (Å²) >= 11 is 0. The molecule has 242 valence electrons. The molecule has 4 aromatic carbocycles. The number of ether oxygens (including phenoxy) is 2. The van der Waals surface area contributed by atoms with Gasteiger partial charge in [-0.1, -0.05) is 121 Å². The molecule has 0 radical (unpaired) electrons. The number of methoxy groups -OCH3 is 2. The van der Waals surface area contributed by atoms with Gasteiger partial charge in [-0.15, -0.1) is 0 Å². The Kier molecular flexibility index (Phi) is 13.0. The minimum Gasteiger partial charge on any atom is -0.468 e. The zero-order valence-corrected chi connectivity index (χ0v) is 27.3. The quantitative estimate of drug-likeness (QED) is 0.0836. The predicted molar refractivity (Wildman–Crippen MR) is 172 cm³/mol. The highest BCUT2D eigenvalue weighted by atomic mass is 31.2. The maximum atomic E-state index is 14.9. The molecule has 0 aromatic heterocycles. The van der Waals surface area contributed by atoms with Crippen molar-refractivity contribution in [1.82, 2.24) is 0 Å². The molecule has 46 heavy (non-hydrogen) atoms. The molecule has 0 saturated carbocycles. The normalized spacial score (nSPS) is 13.0. The minimum atomic E-state index is -4.75. The molecule has 12 heteroatoms. The van der Waals surface area contributed by atoms with Gasteiger partial charge in [-0.05, 0) is 22.3 Å². The minimum absolute atomic E-state index is 0.270. The first kappa shape index (κ1) is 35.0. The van der Waals surface area contributed by atoms with Gasteiger partial charge in [0.2, 0.25) is 0 Å². The van der Waals surface area contributed by atoms with E-state index in [-0.39, 0.29) is 26.4 Å². The van der Waals surface area contributed by atoms with E-state index >= 15 is 0 Å². The fourth-order valence-corrected chi connectivity index (χ4v) is 9.20. The summed E-state index contributed by atoms with van der Waals surface area (Å²) in [6, 6.07) is 35.0. The lowest BCUT2D eigenvalue weighted by Crippen LogP contribution is -2.42. The van der Waals surface area contributed by atoms with Crippen molar-refractivity contribution in [3.05, 3.63) is 144 Å². The first-order chi connectivity index (χ1) is 22.3. The van der Waals surface area contributed by atoms with Gasteiger partial charge in [-0.2, -0.15) is 0 Å². The Morgan fingerprint density at radius 3 is 0.870 bits per heavy atom. The van der Waals surface area contributed by atoms with Crippen LogP contribution in [0.25, 0.3) is 0 Å². The lowest BCUT2D eigenvalue weighted by Gasteiger charge is -2.33. The molecule has 2 atom stereocenters. The van der Waals surface area contributed by atoms with E-state index < -0.39 is 38.4 Å². The van der Waals surface area contributed by atoms with E-state index in [4.69, 9.17) is 27.6 Å². The van der Waals surface area contributed by atoms with Crippen molar-refractivity contribution in [3.8, 4) is 0 Å². The number of carbonyl (C=O) groups excluding carboxylic acids is 2. The van der Waals surface area contributed by atoms with E-state index in [1.807, 2.05) is 0 Å². The van der Waals surface area contributed by atoms with Crippen LogP contribution in [0.4, 0.5) is 0 Å². The molecule has 0 N–H and O–H groups in total. The number of rotatable bonds is 17. The average molecular weight is 667 g/mol. The fraction of sp³-hybridized carbons (Fsp3) is 0.235. The number of carbonyl (C=O) groups is 2. The van der Waals surface area contributed by atoms with Crippen molar-refractivity contribution in [1.29, 1.82) is 0 Å². The fourth-order valence-electron chi connectivity index (χ4n) is 4.45. The van der Waals surface area contributed by atoms with E-state index in [1.54, 1.807) is 121 Å². The molecule has 10 nitrogen and oxygen atoms in total. The highest BCUT2D eigenvalue weighted by Gasteiger charge is 2.60. The maximum Gasteiger partial charge on any atom is 0.347 e. The van der Waals surface area contributed by atoms with Crippen LogP contribution in [0.5, 0.6) is 0 Å². The Bertz CT molecular complexity index is 1400. The monoisotopic (exact) mass is 666 g/mol. The van der Waals surface area contributed by atoms with Crippen LogP contribution in [0.1, 0.15) is 22.3 Å². The van der Waals surface area contributed by atoms with Crippen LogP contribution in [0.3, 0.4) is 0 Å².